The molecule has 13 heteroatoms. The Morgan fingerprint density at radius 1 is 1.11 bits per heavy atom. The SMILES string of the molecule is CC(C)Oc1cccc(C(=O)NS(=O)(=O)c2csc(C(=O)NCc3ccc4c(n3)OCCO4)c2)n1. The van der Waals surface area contributed by atoms with Crippen molar-refractivity contribution < 1.29 is 32.2 Å². The maximum atomic E-state index is 12.7. The molecule has 0 radical (unpaired) electrons. The molecule has 2 N–H and O–H groups in total. The van der Waals surface area contributed by atoms with Crippen molar-refractivity contribution in [3.05, 3.63) is 58.0 Å². The fourth-order valence-corrected chi connectivity index (χ4v) is 5.14. The average molecular weight is 519 g/mol. The average Bonchev–Trinajstić information content (AvgIpc) is 3.33. The molecule has 11 nitrogen and oxygen atoms in total. The highest BCUT2D eigenvalue weighted by atomic mass is 32.2. The van der Waals surface area contributed by atoms with Crippen LogP contribution in [-0.4, -0.2) is 49.5 Å². The molecule has 1 aliphatic heterocycles. The molecule has 0 aromatic carbocycles. The number of rotatable bonds is 8. The van der Waals surface area contributed by atoms with Crippen molar-refractivity contribution in [2.75, 3.05) is 13.2 Å². The number of nitrogens with one attached hydrogen (secondary N) is 2. The predicted octanol–water partition coefficient (Wildman–Crippen LogP) is 2.15. The zero-order chi connectivity index (χ0) is 25.0. The van der Waals surface area contributed by atoms with Crippen molar-refractivity contribution in [2.24, 2.45) is 0 Å². The molecule has 0 unspecified atom stereocenters. The molecule has 0 atom stereocenters. The Hall–Kier alpha value is -3.71. The van der Waals surface area contributed by atoms with Crippen LogP contribution in [-0.2, 0) is 16.6 Å². The third-order valence-corrected chi connectivity index (χ3v) is 6.93. The topological polar surface area (TPSA) is 146 Å². The Labute approximate surface area is 205 Å². The van der Waals surface area contributed by atoms with Gasteiger partial charge in [0.05, 0.1) is 28.1 Å². The number of fused-ring (bicyclic) bond motifs is 1. The van der Waals surface area contributed by atoms with Crippen molar-refractivity contribution >= 4 is 33.2 Å². The van der Waals surface area contributed by atoms with Crippen LogP contribution in [0.1, 0.15) is 39.7 Å². The molecule has 184 valence electrons. The fraction of sp³-hybridized carbons (Fsp3) is 0.273. The number of sulfonamides is 1. The van der Waals surface area contributed by atoms with Gasteiger partial charge in [0.1, 0.15) is 18.9 Å². The van der Waals surface area contributed by atoms with E-state index in [4.69, 9.17) is 14.2 Å². The first-order valence-corrected chi connectivity index (χ1v) is 12.9. The first-order valence-electron chi connectivity index (χ1n) is 10.5. The van der Waals surface area contributed by atoms with Crippen LogP contribution in [0.15, 0.2) is 46.7 Å². The van der Waals surface area contributed by atoms with Gasteiger partial charge in [-0.2, -0.15) is 0 Å². The summed E-state index contributed by atoms with van der Waals surface area (Å²) < 4.78 is 43.6. The third kappa shape index (κ3) is 6.05. The van der Waals surface area contributed by atoms with Gasteiger partial charge in [0.25, 0.3) is 27.7 Å². The Bertz CT molecular complexity index is 1360. The van der Waals surface area contributed by atoms with Crippen LogP contribution in [0, 0.1) is 0 Å². The van der Waals surface area contributed by atoms with Gasteiger partial charge in [-0.05, 0) is 38.1 Å². The van der Waals surface area contributed by atoms with E-state index in [0.717, 1.165) is 11.3 Å². The van der Waals surface area contributed by atoms with Gasteiger partial charge in [-0.3, -0.25) is 9.59 Å². The smallest absolute Gasteiger partial charge is 0.283 e. The number of thiophene rings is 1. The van der Waals surface area contributed by atoms with Crippen molar-refractivity contribution in [2.45, 2.75) is 31.4 Å². The molecule has 0 aliphatic carbocycles. The number of carbonyl (C=O) groups is 2. The summed E-state index contributed by atoms with van der Waals surface area (Å²) in [6, 6.07) is 9.07. The van der Waals surface area contributed by atoms with E-state index in [-0.39, 0.29) is 34.0 Å². The second-order valence-corrected chi connectivity index (χ2v) is 10.2. The van der Waals surface area contributed by atoms with Crippen molar-refractivity contribution in [3.8, 4) is 17.5 Å². The van der Waals surface area contributed by atoms with Gasteiger partial charge in [0, 0.05) is 11.4 Å². The summed E-state index contributed by atoms with van der Waals surface area (Å²) in [4.78, 5) is 33.2. The van der Waals surface area contributed by atoms with E-state index in [9.17, 15) is 18.0 Å². The van der Waals surface area contributed by atoms with Gasteiger partial charge in [-0.25, -0.2) is 23.1 Å². The molecule has 4 rings (SSSR count). The van der Waals surface area contributed by atoms with Crippen molar-refractivity contribution in [1.82, 2.24) is 20.0 Å². The minimum absolute atomic E-state index is 0.104. The van der Waals surface area contributed by atoms with Gasteiger partial charge in [0.2, 0.25) is 5.88 Å². The van der Waals surface area contributed by atoms with E-state index in [1.54, 1.807) is 32.0 Å². The number of pyridine rings is 2. The van der Waals surface area contributed by atoms with Gasteiger partial charge in [-0.15, -0.1) is 11.3 Å². The lowest BCUT2D eigenvalue weighted by molar-refractivity contribution is 0.0951. The van der Waals surface area contributed by atoms with Gasteiger partial charge >= 0.3 is 0 Å². The Balaban J connectivity index is 1.38. The van der Waals surface area contributed by atoms with Gasteiger partial charge < -0.3 is 19.5 Å². The minimum atomic E-state index is -4.23. The monoisotopic (exact) mass is 518 g/mol. The molecule has 0 bridgehead atoms. The zero-order valence-electron chi connectivity index (χ0n) is 18.8. The molecule has 4 heterocycles. The van der Waals surface area contributed by atoms with Crippen LogP contribution in [0.2, 0.25) is 0 Å². The van der Waals surface area contributed by atoms with Gasteiger partial charge in [-0.1, -0.05) is 6.07 Å². The summed E-state index contributed by atoms with van der Waals surface area (Å²) in [5, 5.41) is 3.96. The lowest BCUT2D eigenvalue weighted by Crippen LogP contribution is -2.31. The number of hydrogen-bond acceptors (Lipinski definition) is 10. The highest BCUT2D eigenvalue weighted by Gasteiger charge is 2.23. The van der Waals surface area contributed by atoms with Crippen molar-refractivity contribution in [3.63, 3.8) is 0 Å². The molecular weight excluding hydrogens is 496 g/mol. The molecule has 3 aromatic heterocycles. The number of hydrogen-bond donors (Lipinski definition) is 2. The zero-order valence-corrected chi connectivity index (χ0v) is 20.4. The third-order valence-electron chi connectivity index (χ3n) is 4.54. The largest absolute Gasteiger partial charge is 0.484 e. The highest BCUT2D eigenvalue weighted by molar-refractivity contribution is 7.90. The van der Waals surface area contributed by atoms with Crippen LogP contribution in [0.25, 0.3) is 0 Å². The summed E-state index contributed by atoms with van der Waals surface area (Å²) in [6.07, 6.45) is -0.162. The Morgan fingerprint density at radius 2 is 1.91 bits per heavy atom. The summed E-state index contributed by atoms with van der Waals surface area (Å²) in [5.74, 6) is -0.303. The number of carbonyl (C=O) groups excluding carboxylic acids is 2. The molecule has 0 saturated carbocycles. The second kappa shape index (κ2) is 10.3. The first-order chi connectivity index (χ1) is 16.7. The Morgan fingerprint density at radius 3 is 2.71 bits per heavy atom. The summed E-state index contributed by atoms with van der Waals surface area (Å²) in [6.45, 7) is 4.55. The summed E-state index contributed by atoms with van der Waals surface area (Å²) in [7, 11) is -4.23. The molecular formula is C22H22N4O7S2. The summed E-state index contributed by atoms with van der Waals surface area (Å²) in [5.41, 5.74) is 0.433. The number of ether oxygens (including phenoxy) is 3. The van der Waals surface area contributed by atoms with Gasteiger partial charge in [0.15, 0.2) is 5.75 Å². The maximum Gasteiger partial charge on any atom is 0.283 e. The first kappa shape index (κ1) is 24.4. The normalized spacial score (nSPS) is 12.8. The Kier molecular flexibility index (Phi) is 7.17. The number of nitrogens with zero attached hydrogens (tertiary/aromatic N) is 2. The van der Waals surface area contributed by atoms with E-state index >= 15 is 0 Å². The van der Waals surface area contributed by atoms with E-state index in [1.807, 2.05) is 4.72 Å². The van der Waals surface area contributed by atoms with Crippen LogP contribution in [0.3, 0.4) is 0 Å². The molecule has 0 spiro atoms. The second-order valence-electron chi connectivity index (χ2n) is 7.59. The quantitative estimate of drug-likeness (QED) is 0.458. The maximum absolute atomic E-state index is 12.7. The fourth-order valence-electron chi connectivity index (χ4n) is 2.99. The molecule has 1 aliphatic rings. The predicted molar refractivity (Wildman–Crippen MR) is 125 cm³/mol. The van der Waals surface area contributed by atoms with Crippen LogP contribution in [0.5, 0.6) is 17.5 Å². The summed E-state index contributed by atoms with van der Waals surface area (Å²) >= 11 is 0.931. The van der Waals surface area contributed by atoms with Crippen LogP contribution >= 0.6 is 11.3 Å². The molecule has 0 saturated heterocycles. The number of aromatic nitrogens is 2. The van der Waals surface area contributed by atoms with E-state index in [1.165, 1.54) is 23.6 Å². The molecule has 35 heavy (non-hydrogen) atoms. The van der Waals surface area contributed by atoms with Crippen LogP contribution in [0.4, 0.5) is 0 Å². The van der Waals surface area contributed by atoms with E-state index < -0.39 is 21.8 Å². The van der Waals surface area contributed by atoms with E-state index in [0.29, 0.717) is 30.5 Å². The molecule has 3 aromatic rings. The minimum Gasteiger partial charge on any atom is -0.484 e. The van der Waals surface area contributed by atoms with Crippen LogP contribution < -0.4 is 24.2 Å². The van der Waals surface area contributed by atoms with E-state index in [2.05, 4.69) is 15.3 Å². The highest BCUT2D eigenvalue weighted by Crippen LogP contribution is 2.27. The lowest BCUT2D eigenvalue weighted by Gasteiger charge is -2.17. The number of amides is 2. The lowest BCUT2D eigenvalue weighted by atomic mass is 10.3. The molecule has 0 fully saturated rings. The molecule has 2 amide bonds. The standard InChI is InChI=1S/C22H22N4O7S2/c1-13(2)33-19-5-3-4-16(25-19)20(27)26-35(29,30)15-10-18(34-12-15)21(28)23-11-14-6-7-17-22(24-14)32-9-8-31-17/h3-7,10,12-13H,8-9,11H2,1-2H3,(H,23,28)(H,26,27). The van der Waals surface area contributed by atoms with Crippen molar-refractivity contribution in [1.29, 1.82) is 0 Å².